The van der Waals surface area contributed by atoms with E-state index < -0.39 is 5.97 Å². The van der Waals surface area contributed by atoms with Crippen LogP contribution in [0.1, 0.15) is 29.5 Å². The van der Waals surface area contributed by atoms with Gasteiger partial charge in [0, 0.05) is 13.1 Å². The van der Waals surface area contributed by atoms with Gasteiger partial charge in [-0.25, -0.2) is 9.59 Å². The normalized spacial score (nSPS) is 14.8. The Kier molecular flexibility index (Phi) is 3.50. The quantitative estimate of drug-likeness (QED) is 0.848. The highest BCUT2D eigenvalue weighted by Gasteiger charge is 2.22. The monoisotopic (exact) mass is 253 g/mol. The number of fused-ring (bicyclic) bond motifs is 1. The summed E-state index contributed by atoms with van der Waals surface area (Å²) < 4.78 is 6.59. The minimum Gasteiger partial charge on any atom is -0.476 e. The zero-order chi connectivity index (χ0) is 13.1. The van der Waals surface area contributed by atoms with Crippen LogP contribution in [0.4, 0.5) is 4.79 Å². The number of aryl methyl sites for hydroxylation is 1. The predicted molar refractivity (Wildman–Crippen MR) is 61.2 cm³/mol. The van der Waals surface area contributed by atoms with Crippen molar-refractivity contribution in [1.29, 1.82) is 0 Å². The summed E-state index contributed by atoms with van der Waals surface area (Å²) in [4.78, 5) is 24.1. The Morgan fingerprint density at radius 1 is 1.50 bits per heavy atom. The second-order valence-corrected chi connectivity index (χ2v) is 4.02. The average Bonchev–Trinajstić information content (AvgIpc) is 2.62. The number of hydrogen-bond donors (Lipinski definition) is 1. The third-order valence-electron chi connectivity index (χ3n) is 2.76. The molecule has 0 spiro atoms. The fraction of sp³-hybridized carbons (Fsp3) is 0.545. The summed E-state index contributed by atoms with van der Waals surface area (Å²) in [5.41, 5.74) is 0.730. The van der Waals surface area contributed by atoms with E-state index in [9.17, 15) is 9.59 Å². The molecule has 0 saturated carbocycles. The van der Waals surface area contributed by atoms with Crippen LogP contribution in [-0.2, 0) is 17.8 Å². The van der Waals surface area contributed by atoms with Crippen LogP contribution in [0.3, 0.4) is 0 Å². The van der Waals surface area contributed by atoms with E-state index >= 15 is 0 Å². The summed E-state index contributed by atoms with van der Waals surface area (Å²) in [5.74, 6) is -1.06. The molecule has 1 aromatic rings. The number of rotatable bonds is 2. The smallest absolute Gasteiger partial charge is 0.410 e. The molecule has 2 rings (SSSR count). The van der Waals surface area contributed by atoms with Gasteiger partial charge in [0.05, 0.1) is 18.8 Å². The van der Waals surface area contributed by atoms with E-state index in [0.717, 1.165) is 12.1 Å². The molecule has 0 bridgehead atoms. The van der Waals surface area contributed by atoms with Gasteiger partial charge in [0.25, 0.3) is 0 Å². The van der Waals surface area contributed by atoms with Crippen molar-refractivity contribution in [3.63, 3.8) is 0 Å². The molecule has 0 atom stereocenters. The molecular formula is C11H15N3O4. The Morgan fingerprint density at radius 2 is 2.28 bits per heavy atom. The first kappa shape index (κ1) is 12.4. The van der Waals surface area contributed by atoms with Crippen molar-refractivity contribution in [1.82, 2.24) is 14.7 Å². The van der Waals surface area contributed by atoms with Crippen molar-refractivity contribution in [2.75, 3.05) is 13.2 Å². The molecule has 0 aliphatic carbocycles. The molecule has 0 fully saturated rings. The molecule has 18 heavy (non-hydrogen) atoms. The average molecular weight is 253 g/mol. The van der Waals surface area contributed by atoms with Crippen LogP contribution >= 0.6 is 0 Å². The summed E-state index contributed by atoms with van der Waals surface area (Å²) in [6.07, 6.45) is 0.357. The standard InChI is InChI=1S/C11H15N3O4/c1-2-18-11(17)13-4-3-5-14-8(7-13)6-9(12-14)10(15)16/h6H,2-5,7H2,1H3,(H,15,16). The van der Waals surface area contributed by atoms with Crippen LogP contribution in [0.15, 0.2) is 6.07 Å². The maximum atomic E-state index is 11.7. The minimum absolute atomic E-state index is 0.00992. The zero-order valence-corrected chi connectivity index (χ0v) is 10.1. The maximum Gasteiger partial charge on any atom is 0.410 e. The first-order valence-electron chi connectivity index (χ1n) is 5.83. The highest BCUT2D eigenvalue weighted by atomic mass is 16.6. The first-order valence-corrected chi connectivity index (χ1v) is 5.83. The molecule has 0 aromatic carbocycles. The van der Waals surface area contributed by atoms with Gasteiger partial charge in [-0.1, -0.05) is 0 Å². The molecule has 98 valence electrons. The summed E-state index contributed by atoms with van der Waals surface area (Å²) in [5, 5.41) is 12.9. The van der Waals surface area contributed by atoms with Gasteiger partial charge in [0.1, 0.15) is 0 Å². The highest BCUT2D eigenvalue weighted by Crippen LogP contribution is 2.14. The molecule has 1 aliphatic heterocycles. The number of nitrogens with zero attached hydrogens (tertiary/aromatic N) is 3. The van der Waals surface area contributed by atoms with Crippen LogP contribution < -0.4 is 0 Å². The largest absolute Gasteiger partial charge is 0.476 e. The Hall–Kier alpha value is -2.05. The summed E-state index contributed by atoms with van der Waals surface area (Å²) in [6, 6.07) is 1.50. The molecule has 7 heteroatoms. The Bertz CT molecular complexity index is 469. The lowest BCUT2D eigenvalue weighted by atomic mass is 10.3. The van der Waals surface area contributed by atoms with E-state index in [1.54, 1.807) is 16.5 Å². The molecule has 0 radical (unpaired) electrons. The number of hydrogen-bond acceptors (Lipinski definition) is 4. The number of carboxylic acid groups (broad SMARTS) is 1. The fourth-order valence-corrected chi connectivity index (χ4v) is 1.94. The summed E-state index contributed by atoms with van der Waals surface area (Å²) in [6.45, 7) is 3.61. The Balaban J connectivity index is 2.18. The molecule has 1 aliphatic rings. The SMILES string of the molecule is CCOC(=O)N1CCCn2nc(C(=O)O)cc2C1. The van der Waals surface area contributed by atoms with Crippen LogP contribution in [0.5, 0.6) is 0 Å². The number of amides is 1. The van der Waals surface area contributed by atoms with Crippen molar-refractivity contribution in [3.8, 4) is 0 Å². The molecule has 2 heterocycles. The van der Waals surface area contributed by atoms with Gasteiger partial charge < -0.3 is 14.7 Å². The Morgan fingerprint density at radius 3 is 2.94 bits per heavy atom. The van der Waals surface area contributed by atoms with E-state index in [-0.39, 0.29) is 11.8 Å². The number of carboxylic acids is 1. The molecule has 7 nitrogen and oxygen atoms in total. The van der Waals surface area contributed by atoms with Crippen LogP contribution in [0.2, 0.25) is 0 Å². The van der Waals surface area contributed by atoms with Crippen LogP contribution in [0, 0.1) is 0 Å². The van der Waals surface area contributed by atoms with Crippen molar-refractivity contribution >= 4 is 12.1 Å². The van der Waals surface area contributed by atoms with E-state index in [0.29, 0.717) is 26.2 Å². The van der Waals surface area contributed by atoms with Crippen molar-refractivity contribution in [2.24, 2.45) is 0 Å². The van der Waals surface area contributed by atoms with Crippen LogP contribution in [0.25, 0.3) is 0 Å². The van der Waals surface area contributed by atoms with Gasteiger partial charge in [-0.15, -0.1) is 0 Å². The van der Waals surface area contributed by atoms with E-state index in [1.807, 2.05) is 0 Å². The number of ether oxygens (including phenoxy) is 1. The molecule has 1 N–H and O–H groups in total. The van der Waals surface area contributed by atoms with E-state index in [4.69, 9.17) is 9.84 Å². The van der Waals surface area contributed by atoms with E-state index in [1.165, 1.54) is 6.07 Å². The number of aromatic carboxylic acids is 1. The molecule has 0 unspecified atom stereocenters. The third kappa shape index (κ3) is 2.44. The van der Waals surface area contributed by atoms with Gasteiger partial charge in [0.2, 0.25) is 0 Å². The van der Waals surface area contributed by atoms with Gasteiger partial charge >= 0.3 is 12.1 Å². The van der Waals surface area contributed by atoms with E-state index in [2.05, 4.69) is 5.10 Å². The van der Waals surface area contributed by atoms with Crippen molar-refractivity contribution in [2.45, 2.75) is 26.4 Å². The lowest BCUT2D eigenvalue weighted by Crippen LogP contribution is -2.31. The first-order chi connectivity index (χ1) is 8.61. The fourth-order valence-electron chi connectivity index (χ4n) is 1.94. The molecular weight excluding hydrogens is 238 g/mol. The van der Waals surface area contributed by atoms with Gasteiger partial charge in [-0.2, -0.15) is 5.10 Å². The predicted octanol–water partition coefficient (Wildman–Crippen LogP) is 0.943. The van der Waals surface area contributed by atoms with Crippen molar-refractivity contribution < 1.29 is 19.4 Å². The summed E-state index contributed by atoms with van der Waals surface area (Å²) in [7, 11) is 0. The van der Waals surface area contributed by atoms with Crippen LogP contribution in [-0.4, -0.2) is 45.0 Å². The lowest BCUT2D eigenvalue weighted by molar-refractivity contribution is 0.0689. The molecule has 1 amide bonds. The minimum atomic E-state index is -1.06. The van der Waals surface area contributed by atoms with Crippen molar-refractivity contribution in [3.05, 3.63) is 17.5 Å². The number of carbonyl (C=O) groups excluding carboxylic acids is 1. The zero-order valence-electron chi connectivity index (χ0n) is 10.1. The number of aromatic nitrogens is 2. The maximum absolute atomic E-state index is 11.7. The highest BCUT2D eigenvalue weighted by molar-refractivity contribution is 5.85. The second kappa shape index (κ2) is 5.07. The summed E-state index contributed by atoms with van der Waals surface area (Å²) >= 11 is 0. The molecule has 0 saturated heterocycles. The van der Waals surface area contributed by atoms with Gasteiger partial charge in [-0.05, 0) is 19.4 Å². The molecule has 1 aromatic heterocycles. The topological polar surface area (TPSA) is 84.7 Å². The second-order valence-electron chi connectivity index (χ2n) is 4.02. The Labute approximate surface area is 104 Å². The van der Waals surface area contributed by atoms with Gasteiger partial charge in [0.15, 0.2) is 5.69 Å². The third-order valence-corrected chi connectivity index (χ3v) is 2.76. The number of carbonyl (C=O) groups is 2. The lowest BCUT2D eigenvalue weighted by Gasteiger charge is -2.18. The van der Waals surface area contributed by atoms with Gasteiger partial charge in [-0.3, -0.25) is 4.68 Å².